The van der Waals surface area contributed by atoms with Crippen molar-refractivity contribution >= 4 is 17.7 Å². The Morgan fingerprint density at radius 1 is 1.39 bits per heavy atom. The molecule has 3 heterocycles. The van der Waals surface area contributed by atoms with Crippen LogP contribution in [0.2, 0.25) is 0 Å². The number of nitrogens with zero attached hydrogens (tertiary/aromatic N) is 4. The van der Waals surface area contributed by atoms with Gasteiger partial charge in [-0.15, -0.1) is 5.10 Å². The Morgan fingerprint density at radius 2 is 2.22 bits per heavy atom. The third kappa shape index (κ3) is 2.19. The van der Waals surface area contributed by atoms with Crippen molar-refractivity contribution in [3.8, 4) is 0 Å². The van der Waals surface area contributed by atoms with Crippen LogP contribution >= 0.6 is 0 Å². The zero-order chi connectivity index (χ0) is 16.2. The third-order valence-corrected chi connectivity index (χ3v) is 4.35. The van der Waals surface area contributed by atoms with Gasteiger partial charge in [0, 0.05) is 30.1 Å². The molecule has 2 aliphatic rings. The maximum Gasteiger partial charge on any atom is 0.241 e. The monoisotopic (exact) mass is 310 g/mol. The van der Waals surface area contributed by atoms with Gasteiger partial charge in [0.05, 0.1) is 0 Å². The zero-order valence-electron chi connectivity index (χ0n) is 13.1. The number of hydrogen-bond acceptors (Lipinski definition) is 6. The molecule has 2 aromatic rings. The van der Waals surface area contributed by atoms with Crippen molar-refractivity contribution in [2.24, 2.45) is 5.41 Å². The average molecular weight is 310 g/mol. The van der Waals surface area contributed by atoms with Gasteiger partial charge in [0.15, 0.2) is 5.78 Å². The number of Topliss-reactive ketones (excluding diaryl/α,β-unsaturated/α-hetero) is 1. The number of fused-ring (bicyclic) bond motifs is 1. The third-order valence-electron chi connectivity index (χ3n) is 4.35. The van der Waals surface area contributed by atoms with E-state index in [9.17, 15) is 4.79 Å². The molecular formula is C16H18N6O. The van der Waals surface area contributed by atoms with E-state index in [-0.39, 0.29) is 23.2 Å². The van der Waals surface area contributed by atoms with Gasteiger partial charge in [0.2, 0.25) is 11.9 Å². The van der Waals surface area contributed by atoms with E-state index in [2.05, 4.69) is 34.2 Å². The first-order chi connectivity index (χ1) is 10.9. The summed E-state index contributed by atoms with van der Waals surface area (Å²) in [6.07, 6.45) is 4.78. The fraction of sp³-hybridized carbons (Fsp3) is 0.375. The largest absolute Gasteiger partial charge is 0.366 e. The van der Waals surface area contributed by atoms with Crippen molar-refractivity contribution in [3.05, 3.63) is 41.4 Å². The van der Waals surface area contributed by atoms with Crippen LogP contribution in [0.3, 0.4) is 0 Å². The molecule has 0 bridgehead atoms. The summed E-state index contributed by atoms with van der Waals surface area (Å²) in [5, 5.41) is 7.53. The lowest BCUT2D eigenvalue weighted by atomic mass is 9.73. The van der Waals surface area contributed by atoms with Gasteiger partial charge in [-0.05, 0) is 23.5 Å². The molecule has 1 aliphatic carbocycles. The quantitative estimate of drug-likeness (QED) is 0.835. The molecule has 1 atom stereocenters. The number of pyridine rings is 1. The Morgan fingerprint density at radius 3 is 2.96 bits per heavy atom. The fourth-order valence-electron chi connectivity index (χ4n) is 3.47. The van der Waals surface area contributed by atoms with Gasteiger partial charge in [-0.2, -0.15) is 4.98 Å². The average Bonchev–Trinajstić information content (AvgIpc) is 2.84. The summed E-state index contributed by atoms with van der Waals surface area (Å²) >= 11 is 0. The summed E-state index contributed by atoms with van der Waals surface area (Å²) in [5.41, 5.74) is 8.27. The minimum atomic E-state index is -0.330. The van der Waals surface area contributed by atoms with E-state index in [0.717, 1.165) is 23.3 Å². The van der Waals surface area contributed by atoms with Gasteiger partial charge in [0.25, 0.3) is 0 Å². The lowest BCUT2D eigenvalue weighted by Gasteiger charge is -2.38. The molecule has 23 heavy (non-hydrogen) atoms. The van der Waals surface area contributed by atoms with Crippen LogP contribution in [0.1, 0.15) is 38.3 Å². The first kappa shape index (κ1) is 13.9. The van der Waals surface area contributed by atoms with E-state index in [4.69, 9.17) is 5.73 Å². The number of ketones is 1. The van der Waals surface area contributed by atoms with Crippen LogP contribution in [0.15, 0.2) is 35.8 Å². The van der Waals surface area contributed by atoms with Crippen LogP contribution < -0.4 is 11.1 Å². The van der Waals surface area contributed by atoms with E-state index >= 15 is 0 Å². The number of allylic oxidation sites excluding steroid dienone is 2. The number of hydrogen-bond donors (Lipinski definition) is 2. The molecular weight excluding hydrogens is 292 g/mol. The maximum absolute atomic E-state index is 12.8. The smallest absolute Gasteiger partial charge is 0.241 e. The van der Waals surface area contributed by atoms with Gasteiger partial charge in [-0.3, -0.25) is 9.78 Å². The van der Waals surface area contributed by atoms with Gasteiger partial charge in [-0.25, -0.2) is 4.68 Å². The highest BCUT2D eigenvalue weighted by Crippen LogP contribution is 2.45. The number of aromatic nitrogens is 4. The van der Waals surface area contributed by atoms with Gasteiger partial charge in [-0.1, -0.05) is 19.9 Å². The first-order valence-electron chi connectivity index (χ1n) is 7.60. The zero-order valence-corrected chi connectivity index (χ0v) is 13.1. The number of rotatable bonds is 1. The number of nitrogens with one attached hydrogen (secondary N) is 1. The fourth-order valence-corrected chi connectivity index (χ4v) is 3.47. The maximum atomic E-state index is 12.8. The van der Waals surface area contributed by atoms with Crippen molar-refractivity contribution in [3.63, 3.8) is 0 Å². The van der Waals surface area contributed by atoms with Crippen molar-refractivity contribution < 1.29 is 4.79 Å². The Labute approximate surface area is 133 Å². The molecule has 0 aromatic carbocycles. The lowest BCUT2D eigenvalue weighted by molar-refractivity contribution is -0.118. The molecule has 1 unspecified atom stereocenters. The molecule has 0 spiro atoms. The second-order valence-corrected chi connectivity index (χ2v) is 6.89. The van der Waals surface area contributed by atoms with Crippen molar-refractivity contribution in [1.29, 1.82) is 0 Å². The lowest BCUT2D eigenvalue weighted by Crippen LogP contribution is -2.36. The van der Waals surface area contributed by atoms with Crippen LogP contribution in [0.4, 0.5) is 11.9 Å². The van der Waals surface area contributed by atoms with Gasteiger partial charge < -0.3 is 11.1 Å². The normalized spacial score (nSPS) is 22.3. The molecule has 3 N–H and O–H groups in total. The van der Waals surface area contributed by atoms with E-state index < -0.39 is 0 Å². The van der Waals surface area contributed by atoms with E-state index in [1.165, 1.54) is 0 Å². The molecule has 118 valence electrons. The number of nitrogen functional groups attached to an aromatic ring is 1. The minimum absolute atomic E-state index is 0.0733. The highest BCUT2D eigenvalue weighted by Gasteiger charge is 2.41. The van der Waals surface area contributed by atoms with E-state index in [1.54, 1.807) is 17.1 Å². The van der Waals surface area contributed by atoms with E-state index in [0.29, 0.717) is 12.4 Å². The van der Waals surface area contributed by atoms with E-state index in [1.807, 2.05) is 12.1 Å². The number of nitrogens with two attached hydrogens (primary N) is 1. The summed E-state index contributed by atoms with van der Waals surface area (Å²) in [6.45, 7) is 4.20. The second kappa shape index (κ2) is 4.65. The topological polar surface area (TPSA) is 98.7 Å². The summed E-state index contributed by atoms with van der Waals surface area (Å²) in [6, 6.07) is 3.47. The van der Waals surface area contributed by atoms with Crippen molar-refractivity contribution in [2.45, 2.75) is 32.7 Å². The minimum Gasteiger partial charge on any atom is -0.366 e. The molecule has 7 nitrogen and oxygen atoms in total. The SMILES string of the molecule is CC1(C)CC(=O)C2=C(C1)Nc1nc(N)nn1C2c1cccnc1. The van der Waals surface area contributed by atoms with Crippen LogP contribution in [0, 0.1) is 5.41 Å². The summed E-state index contributed by atoms with van der Waals surface area (Å²) < 4.78 is 1.68. The summed E-state index contributed by atoms with van der Waals surface area (Å²) in [5.74, 6) is 0.894. The first-order valence-corrected chi connectivity index (χ1v) is 7.60. The highest BCUT2D eigenvalue weighted by molar-refractivity contribution is 6.00. The number of anilines is 2. The number of carbonyl (C=O) groups excluding carboxylic acids is 1. The predicted molar refractivity (Wildman–Crippen MR) is 85.5 cm³/mol. The summed E-state index contributed by atoms with van der Waals surface area (Å²) in [7, 11) is 0. The van der Waals surface area contributed by atoms with Crippen LogP contribution in [0.5, 0.6) is 0 Å². The standard InChI is InChI=1S/C16H18N6O/c1-16(2)6-10-12(11(23)7-16)13(9-4-3-5-18-8-9)22-15(19-10)20-14(17)21-22/h3-5,8,13H,6-7H2,1-2H3,(H3,17,19,20,21). The molecule has 4 rings (SSSR count). The molecule has 1 aliphatic heterocycles. The Balaban J connectivity index is 1.92. The second-order valence-electron chi connectivity index (χ2n) is 6.89. The Hall–Kier alpha value is -2.70. The van der Waals surface area contributed by atoms with Crippen molar-refractivity contribution in [1.82, 2.24) is 19.7 Å². The number of carbonyl (C=O) groups is 1. The molecule has 0 saturated heterocycles. The molecule has 7 heteroatoms. The van der Waals surface area contributed by atoms with Crippen LogP contribution in [-0.4, -0.2) is 25.5 Å². The molecule has 0 amide bonds. The predicted octanol–water partition coefficient (Wildman–Crippen LogP) is 1.91. The van der Waals surface area contributed by atoms with Gasteiger partial charge >= 0.3 is 0 Å². The van der Waals surface area contributed by atoms with Crippen molar-refractivity contribution in [2.75, 3.05) is 11.1 Å². The highest BCUT2D eigenvalue weighted by atomic mass is 16.1. The van der Waals surface area contributed by atoms with Crippen LogP contribution in [0.25, 0.3) is 0 Å². The molecule has 0 radical (unpaired) electrons. The Bertz CT molecular complexity index is 820. The van der Waals surface area contributed by atoms with Gasteiger partial charge in [0.1, 0.15) is 6.04 Å². The molecule has 2 aromatic heterocycles. The molecule has 0 fully saturated rings. The Kier molecular flexibility index (Phi) is 2.81. The molecule has 0 saturated carbocycles. The summed E-state index contributed by atoms with van der Waals surface area (Å²) in [4.78, 5) is 21.3. The van der Waals surface area contributed by atoms with Crippen LogP contribution in [-0.2, 0) is 4.79 Å².